The van der Waals surface area contributed by atoms with E-state index in [-0.39, 0.29) is 0 Å². The molecule has 1 aromatic rings. The molecule has 3 nitrogen and oxygen atoms in total. The van der Waals surface area contributed by atoms with Crippen molar-refractivity contribution in [3.05, 3.63) is 23.4 Å². The quantitative estimate of drug-likeness (QED) is 0.828. The highest BCUT2D eigenvalue weighted by Gasteiger charge is 2.38. The topological polar surface area (TPSA) is 50.9 Å². The van der Waals surface area contributed by atoms with Crippen molar-refractivity contribution in [2.24, 2.45) is 16.6 Å². The van der Waals surface area contributed by atoms with Crippen molar-refractivity contribution in [1.82, 2.24) is 4.98 Å². The number of hydrogen-bond donors (Lipinski definition) is 2. The summed E-state index contributed by atoms with van der Waals surface area (Å²) in [5, 5.41) is 3.60. The number of aromatic nitrogens is 1. The molecule has 21 heavy (non-hydrogen) atoms. The molecule has 0 unspecified atom stereocenters. The lowest BCUT2D eigenvalue weighted by atomic mass is 9.63. The zero-order valence-corrected chi connectivity index (χ0v) is 14.6. The minimum Gasteiger partial charge on any atom is -0.389 e. The number of anilines is 1. The molecule has 0 atom stereocenters. The second-order valence-corrected chi connectivity index (χ2v) is 8.44. The summed E-state index contributed by atoms with van der Waals surface area (Å²) in [6.07, 6.45) is 3.58. The zero-order valence-electron chi connectivity index (χ0n) is 13.8. The first-order valence-electron chi connectivity index (χ1n) is 7.61. The van der Waals surface area contributed by atoms with E-state index in [9.17, 15) is 0 Å². The summed E-state index contributed by atoms with van der Waals surface area (Å²) in [5.74, 6) is 0.885. The molecule has 0 bridgehead atoms. The van der Waals surface area contributed by atoms with E-state index < -0.39 is 0 Å². The summed E-state index contributed by atoms with van der Waals surface area (Å²) in [6.45, 7) is 11.4. The maximum Gasteiger partial charge on any atom is 0.127 e. The lowest BCUT2D eigenvalue weighted by Gasteiger charge is -2.45. The molecular formula is C17H27N3S. The van der Waals surface area contributed by atoms with Gasteiger partial charge in [-0.15, -0.1) is 0 Å². The van der Waals surface area contributed by atoms with Gasteiger partial charge in [-0.1, -0.05) is 39.9 Å². The van der Waals surface area contributed by atoms with Crippen LogP contribution in [0.2, 0.25) is 0 Å². The van der Waals surface area contributed by atoms with E-state index in [1.807, 2.05) is 19.1 Å². The van der Waals surface area contributed by atoms with Crippen LogP contribution in [0.3, 0.4) is 0 Å². The lowest BCUT2D eigenvalue weighted by molar-refractivity contribution is 0.105. The highest BCUT2D eigenvalue weighted by Crippen LogP contribution is 2.46. The van der Waals surface area contributed by atoms with Gasteiger partial charge in [-0.05, 0) is 49.1 Å². The van der Waals surface area contributed by atoms with Crippen molar-refractivity contribution in [3.63, 3.8) is 0 Å². The Morgan fingerprint density at radius 2 is 1.81 bits per heavy atom. The van der Waals surface area contributed by atoms with Crippen LogP contribution in [-0.4, -0.2) is 16.0 Å². The van der Waals surface area contributed by atoms with Gasteiger partial charge in [0, 0.05) is 17.3 Å². The Balaban J connectivity index is 2.19. The number of rotatable bonds is 3. The molecule has 0 aliphatic heterocycles. The molecule has 0 radical (unpaired) electrons. The maximum absolute atomic E-state index is 5.75. The summed E-state index contributed by atoms with van der Waals surface area (Å²) >= 11 is 5.08. The van der Waals surface area contributed by atoms with Crippen LogP contribution in [0, 0.1) is 17.8 Å². The van der Waals surface area contributed by atoms with Gasteiger partial charge in [0.1, 0.15) is 10.8 Å². The molecule has 1 aliphatic carbocycles. The minimum absolute atomic E-state index is 0.356. The second kappa shape index (κ2) is 5.56. The first-order valence-corrected chi connectivity index (χ1v) is 8.02. The van der Waals surface area contributed by atoms with Crippen molar-refractivity contribution in [2.75, 3.05) is 5.32 Å². The third-order valence-corrected chi connectivity index (χ3v) is 4.38. The summed E-state index contributed by atoms with van der Waals surface area (Å²) in [6, 6.07) is 4.34. The van der Waals surface area contributed by atoms with E-state index in [1.54, 1.807) is 0 Å². The number of nitrogens with one attached hydrogen (secondary N) is 1. The Hall–Kier alpha value is -1.16. The third-order valence-electron chi connectivity index (χ3n) is 4.15. The Kier molecular flexibility index (Phi) is 4.29. The number of aryl methyl sites for hydroxylation is 1. The fourth-order valence-electron chi connectivity index (χ4n) is 4.04. The predicted octanol–water partition coefficient (Wildman–Crippen LogP) is 4.04. The molecule has 1 saturated carbocycles. The van der Waals surface area contributed by atoms with Crippen LogP contribution in [-0.2, 0) is 0 Å². The highest BCUT2D eigenvalue weighted by molar-refractivity contribution is 7.80. The van der Waals surface area contributed by atoms with Crippen LogP contribution in [0.4, 0.5) is 5.82 Å². The van der Waals surface area contributed by atoms with Crippen LogP contribution in [0.5, 0.6) is 0 Å². The average Bonchev–Trinajstić information content (AvgIpc) is 2.22. The number of nitrogens with two attached hydrogens (primary N) is 1. The molecule has 0 saturated heterocycles. The molecule has 0 spiro atoms. The van der Waals surface area contributed by atoms with Crippen LogP contribution >= 0.6 is 12.2 Å². The summed E-state index contributed by atoms with van der Waals surface area (Å²) < 4.78 is 0. The number of pyridine rings is 1. The van der Waals surface area contributed by atoms with Crippen LogP contribution in [0.15, 0.2) is 12.1 Å². The molecule has 1 aliphatic rings. The van der Waals surface area contributed by atoms with Gasteiger partial charge < -0.3 is 11.1 Å². The van der Waals surface area contributed by atoms with Gasteiger partial charge in [-0.3, -0.25) is 0 Å². The van der Waals surface area contributed by atoms with Gasteiger partial charge in [-0.2, -0.15) is 0 Å². The van der Waals surface area contributed by atoms with Crippen molar-refractivity contribution in [2.45, 2.75) is 59.9 Å². The number of hydrogen-bond acceptors (Lipinski definition) is 3. The van der Waals surface area contributed by atoms with Gasteiger partial charge in [0.2, 0.25) is 0 Å². The van der Waals surface area contributed by atoms with Gasteiger partial charge >= 0.3 is 0 Å². The standard InChI is InChI=1S/C17H27N3S/c1-11-6-12(15(18)21)7-14(19-11)20-13-8-16(2,3)10-17(4,5)9-13/h6-7,13H,8-10H2,1-5H3,(H2,18,21)(H,19,20). The van der Waals surface area contributed by atoms with Crippen molar-refractivity contribution in [3.8, 4) is 0 Å². The number of thiocarbonyl (C=S) groups is 1. The van der Waals surface area contributed by atoms with E-state index in [0.29, 0.717) is 21.9 Å². The fourth-order valence-corrected chi connectivity index (χ4v) is 4.16. The third kappa shape index (κ3) is 4.40. The minimum atomic E-state index is 0.356. The molecule has 2 rings (SSSR count). The van der Waals surface area contributed by atoms with Crippen LogP contribution in [0.1, 0.15) is 58.2 Å². The molecule has 1 heterocycles. The summed E-state index contributed by atoms with van der Waals surface area (Å²) in [7, 11) is 0. The molecule has 0 aromatic carbocycles. The number of nitrogens with zero attached hydrogens (tertiary/aromatic N) is 1. The Labute approximate surface area is 133 Å². The summed E-state index contributed by atoms with van der Waals surface area (Å²) in [5.41, 5.74) is 8.28. The molecule has 3 N–H and O–H groups in total. The Morgan fingerprint density at radius 3 is 2.33 bits per heavy atom. The monoisotopic (exact) mass is 305 g/mol. The molecular weight excluding hydrogens is 278 g/mol. The molecule has 0 amide bonds. The molecule has 116 valence electrons. The average molecular weight is 305 g/mol. The van der Waals surface area contributed by atoms with E-state index in [4.69, 9.17) is 18.0 Å². The van der Waals surface area contributed by atoms with Gasteiger partial charge in [0.05, 0.1) is 0 Å². The zero-order chi connectivity index (χ0) is 15.8. The van der Waals surface area contributed by atoms with Gasteiger partial charge in [-0.25, -0.2) is 4.98 Å². The summed E-state index contributed by atoms with van der Waals surface area (Å²) in [4.78, 5) is 5.00. The molecule has 1 fully saturated rings. The maximum atomic E-state index is 5.75. The van der Waals surface area contributed by atoms with Crippen molar-refractivity contribution in [1.29, 1.82) is 0 Å². The van der Waals surface area contributed by atoms with E-state index in [0.717, 1.165) is 29.9 Å². The predicted molar refractivity (Wildman–Crippen MR) is 93.7 cm³/mol. The van der Waals surface area contributed by atoms with Gasteiger partial charge in [0.15, 0.2) is 0 Å². The Bertz CT molecular complexity index is 533. The van der Waals surface area contributed by atoms with E-state index in [1.165, 1.54) is 6.42 Å². The van der Waals surface area contributed by atoms with Crippen molar-refractivity contribution < 1.29 is 0 Å². The first kappa shape index (κ1) is 16.2. The largest absolute Gasteiger partial charge is 0.389 e. The van der Waals surface area contributed by atoms with Crippen molar-refractivity contribution >= 4 is 23.0 Å². The van der Waals surface area contributed by atoms with Crippen LogP contribution < -0.4 is 11.1 Å². The van der Waals surface area contributed by atoms with Crippen LogP contribution in [0.25, 0.3) is 0 Å². The highest BCUT2D eigenvalue weighted by atomic mass is 32.1. The second-order valence-electron chi connectivity index (χ2n) is 8.00. The normalized spacial score (nSPS) is 21.0. The van der Waals surface area contributed by atoms with E-state index in [2.05, 4.69) is 38.0 Å². The lowest BCUT2D eigenvalue weighted by Crippen LogP contribution is -2.40. The van der Waals surface area contributed by atoms with E-state index >= 15 is 0 Å². The fraction of sp³-hybridized carbons (Fsp3) is 0.647. The smallest absolute Gasteiger partial charge is 0.127 e. The SMILES string of the molecule is Cc1cc(C(N)=S)cc(NC2CC(C)(C)CC(C)(C)C2)n1. The molecule has 4 heteroatoms. The first-order chi connectivity index (χ1) is 9.56. The Morgan fingerprint density at radius 1 is 1.24 bits per heavy atom. The van der Waals surface area contributed by atoms with Gasteiger partial charge in [0.25, 0.3) is 0 Å². The molecule has 1 aromatic heterocycles.